The van der Waals surface area contributed by atoms with Gasteiger partial charge in [0.15, 0.2) is 0 Å². The minimum Gasteiger partial charge on any atom is -0.460 e. The van der Waals surface area contributed by atoms with E-state index in [1.165, 1.54) is 7.11 Å². The molecule has 1 heterocycles. The summed E-state index contributed by atoms with van der Waals surface area (Å²) < 4.78 is 9.57. The number of ether oxygens (including phenoxy) is 2. The Labute approximate surface area is 87.0 Å². The summed E-state index contributed by atoms with van der Waals surface area (Å²) >= 11 is 0. The minimum atomic E-state index is -0.565. The van der Waals surface area contributed by atoms with Crippen LogP contribution in [0.1, 0.15) is 29.4 Å². The Morgan fingerprint density at radius 2 is 2.40 bits per heavy atom. The zero-order valence-electron chi connectivity index (χ0n) is 8.69. The molecule has 0 fully saturated rings. The minimum absolute atomic E-state index is 0.0154. The fourth-order valence-electron chi connectivity index (χ4n) is 0.986. The number of H-pyrrole nitrogens is 1. The lowest BCUT2D eigenvalue weighted by Crippen LogP contribution is -2.17. The van der Waals surface area contributed by atoms with Gasteiger partial charge in [-0.3, -0.25) is 5.10 Å². The van der Waals surface area contributed by atoms with Crippen molar-refractivity contribution in [3.8, 4) is 0 Å². The van der Waals surface area contributed by atoms with Gasteiger partial charge in [0.1, 0.15) is 5.82 Å². The lowest BCUT2D eigenvalue weighted by atomic mass is 10.3. The van der Waals surface area contributed by atoms with Crippen LogP contribution in [-0.2, 0) is 9.47 Å². The summed E-state index contributed by atoms with van der Waals surface area (Å²) in [5, 5.41) is 6.25. The molecular formula is C8H14N4O3. The third-order valence-corrected chi connectivity index (χ3v) is 1.66. The second-order valence-electron chi connectivity index (χ2n) is 2.83. The largest absolute Gasteiger partial charge is 0.460 e. The van der Waals surface area contributed by atoms with Gasteiger partial charge < -0.3 is 15.2 Å². The van der Waals surface area contributed by atoms with Crippen LogP contribution in [0.4, 0.5) is 0 Å². The van der Waals surface area contributed by atoms with Crippen LogP contribution in [0.25, 0.3) is 0 Å². The molecular weight excluding hydrogens is 200 g/mol. The number of hydrogen-bond donors (Lipinski definition) is 2. The average Bonchev–Trinajstić information content (AvgIpc) is 2.67. The van der Waals surface area contributed by atoms with E-state index >= 15 is 0 Å². The highest BCUT2D eigenvalue weighted by Crippen LogP contribution is 2.04. The van der Waals surface area contributed by atoms with Crippen molar-refractivity contribution in [3.63, 3.8) is 0 Å². The van der Waals surface area contributed by atoms with E-state index in [1.54, 1.807) is 6.92 Å². The van der Waals surface area contributed by atoms with Crippen molar-refractivity contribution in [2.45, 2.75) is 13.0 Å². The fraction of sp³-hybridized carbons (Fsp3) is 0.625. The lowest BCUT2D eigenvalue weighted by molar-refractivity contribution is 0.0512. The van der Waals surface area contributed by atoms with Gasteiger partial charge in [-0.05, 0) is 6.92 Å². The summed E-state index contributed by atoms with van der Waals surface area (Å²) in [4.78, 5) is 15.1. The van der Waals surface area contributed by atoms with Crippen LogP contribution < -0.4 is 5.73 Å². The highest BCUT2D eigenvalue weighted by Gasteiger charge is 2.16. The topological polar surface area (TPSA) is 103 Å². The van der Waals surface area contributed by atoms with Crippen molar-refractivity contribution in [3.05, 3.63) is 11.6 Å². The smallest absolute Gasteiger partial charge is 0.378 e. The normalized spacial score (nSPS) is 12.5. The molecule has 0 aliphatic rings. The van der Waals surface area contributed by atoms with E-state index in [4.69, 9.17) is 15.2 Å². The van der Waals surface area contributed by atoms with Crippen molar-refractivity contribution in [1.29, 1.82) is 0 Å². The van der Waals surface area contributed by atoms with Crippen molar-refractivity contribution in [2.24, 2.45) is 5.73 Å². The first kappa shape index (κ1) is 11.6. The number of rotatable bonds is 5. The van der Waals surface area contributed by atoms with Gasteiger partial charge in [0.25, 0.3) is 5.82 Å². The van der Waals surface area contributed by atoms with E-state index in [1.807, 2.05) is 0 Å². The molecule has 0 aromatic carbocycles. The van der Waals surface area contributed by atoms with Crippen LogP contribution in [0.3, 0.4) is 0 Å². The zero-order chi connectivity index (χ0) is 11.3. The Hall–Kier alpha value is -1.47. The lowest BCUT2D eigenvalue weighted by Gasteiger charge is -2.04. The fourth-order valence-corrected chi connectivity index (χ4v) is 0.986. The van der Waals surface area contributed by atoms with Crippen molar-refractivity contribution >= 4 is 5.97 Å². The summed E-state index contributed by atoms with van der Waals surface area (Å²) in [5.41, 5.74) is 5.68. The van der Waals surface area contributed by atoms with Gasteiger partial charge in [-0.1, -0.05) is 0 Å². The monoisotopic (exact) mass is 214 g/mol. The number of carbonyl (C=O) groups excluding carboxylic acids is 1. The number of carbonyl (C=O) groups is 1. The van der Waals surface area contributed by atoms with E-state index < -0.39 is 12.0 Å². The first-order valence-electron chi connectivity index (χ1n) is 4.53. The maximum atomic E-state index is 11.2. The van der Waals surface area contributed by atoms with Gasteiger partial charge >= 0.3 is 5.97 Å². The predicted molar refractivity (Wildman–Crippen MR) is 51.1 cm³/mol. The Kier molecular flexibility index (Phi) is 4.19. The Balaban J connectivity index is 2.67. The molecule has 15 heavy (non-hydrogen) atoms. The van der Waals surface area contributed by atoms with E-state index in [0.29, 0.717) is 12.4 Å². The van der Waals surface area contributed by atoms with E-state index in [2.05, 4.69) is 15.2 Å². The molecule has 0 radical (unpaired) electrons. The van der Waals surface area contributed by atoms with Gasteiger partial charge in [0.2, 0.25) is 0 Å². The van der Waals surface area contributed by atoms with Crippen LogP contribution >= 0.6 is 0 Å². The van der Waals surface area contributed by atoms with Gasteiger partial charge in [0.05, 0.1) is 19.3 Å². The number of nitrogens with one attached hydrogen (secondary N) is 1. The Morgan fingerprint density at radius 3 is 3.00 bits per heavy atom. The van der Waals surface area contributed by atoms with Crippen LogP contribution in [0, 0.1) is 0 Å². The molecule has 0 spiro atoms. The molecule has 0 aliphatic carbocycles. The molecule has 7 heteroatoms. The molecule has 0 saturated carbocycles. The maximum Gasteiger partial charge on any atom is 0.378 e. The quantitative estimate of drug-likeness (QED) is 0.648. The molecule has 1 atom stereocenters. The molecule has 1 unspecified atom stereocenters. The third-order valence-electron chi connectivity index (χ3n) is 1.66. The van der Waals surface area contributed by atoms with Gasteiger partial charge in [-0.15, -0.1) is 5.10 Å². The molecule has 0 aliphatic heterocycles. The highest BCUT2D eigenvalue weighted by atomic mass is 16.5. The highest BCUT2D eigenvalue weighted by molar-refractivity contribution is 5.84. The molecule has 1 aromatic heterocycles. The van der Waals surface area contributed by atoms with Gasteiger partial charge in [-0.2, -0.15) is 0 Å². The number of nitrogens with zero attached hydrogens (tertiary/aromatic N) is 2. The van der Waals surface area contributed by atoms with Crippen molar-refractivity contribution in [1.82, 2.24) is 15.2 Å². The standard InChI is InChI=1S/C8H14N4O3/c1-3-15-8(13)7-10-6(11-12-7)5(9)4-14-2/h5H,3-4,9H2,1-2H3,(H,10,11,12). The number of methoxy groups -OCH3 is 1. The van der Waals surface area contributed by atoms with Gasteiger partial charge in [0, 0.05) is 7.11 Å². The molecule has 3 N–H and O–H groups in total. The zero-order valence-corrected chi connectivity index (χ0v) is 8.69. The van der Waals surface area contributed by atoms with Crippen LogP contribution in [0.2, 0.25) is 0 Å². The third kappa shape index (κ3) is 3.00. The second kappa shape index (κ2) is 5.42. The van der Waals surface area contributed by atoms with Crippen molar-refractivity contribution in [2.75, 3.05) is 20.3 Å². The van der Waals surface area contributed by atoms with Crippen LogP contribution in [0.5, 0.6) is 0 Å². The van der Waals surface area contributed by atoms with Crippen molar-refractivity contribution < 1.29 is 14.3 Å². The molecule has 0 amide bonds. The van der Waals surface area contributed by atoms with Crippen LogP contribution in [-0.4, -0.2) is 41.5 Å². The summed E-state index contributed by atoms with van der Waals surface area (Å²) in [6, 6.07) is -0.425. The molecule has 0 saturated heterocycles. The summed E-state index contributed by atoms with van der Waals surface area (Å²) in [6.45, 7) is 2.30. The average molecular weight is 214 g/mol. The maximum absolute atomic E-state index is 11.2. The Morgan fingerprint density at radius 1 is 1.67 bits per heavy atom. The number of aromatic nitrogens is 3. The predicted octanol–water partition coefficient (Wildman–Crippen LogP) is -0.372. The second-order valence-corrected chi connectivity index (χ2v) is 2.83. The molecule has 84 valence electrons. The Bertz CT molecular complexity index is 325. The molecule has 1 rings (SSSR count). The summed E-state index contributed by atoms with van der Waals surface area (Å²) in [5.74, 6) is -0.178. The SMILES string of the molecule is CCOC(=O)c1n[nH]c(C(N)COC)n1. The van der Waals surface area contributed by atoms with Gasteiger partial charge in [-0.25, -0.2) is 9.78 Å². The first-order valence-corrected chi connectivity index (χ1v) is 4.53. The number of hydrogen-bond acceptors (Lipinski definition) is 6. The summed E-state index contributed by atoms with van der Waals surface area (Å²) in [6.07, 6.45) is 0. The number of nitrogens with two attached hydrogens (primary N) is 1. The van der Waals surface area contributed by atoms with E-state index in [-0.39, 0.29) is 12.4 Å². The van der Waals surface area contributed by atoms with Crippen LogP contribution in [0.15, 0.2) is 0 Å². The summed E-state index contributed by atoms with van der Waals surface area (Å²) in [7, 11) is 1.53. The number of aromatic amines is 1. The molecule has 0 bridgehead atoms. The van der Waals surface area contributed by atoms with E-state index in [0.717, 1.165) is 0 Å². The molecule has 7 nitrogen and oxygen atoms in total. The molecule has 1 aromatic rings. The number of esters is 1. The first-order chi connectivity index (χ1) is 7.19. The van der Waals surface area contributed by atoms with E-state index in [9.17, 15) is 4.79 Å².